The first-order valence-electron chi connectivity index (χ1n) is 59.1. The molecule has 20 aliphatic rings. The summed E-state index contributed by atoms with van der Waals surface area (Å²) in [6, 6.07) is 0. The number of oxazole rings is 5. The van der Waals surface area contributed by atoms with Gasteiger partial charge in [0.2, 0.25) is 29.5 Å². The number of carbonyl (C=O) groups is 5. The highest BCUT2D eigenvalue weighted by Gasteiger charge is 2.68. The normalized spacial score (nSPS) is 46.2. The maximum atomic E-state index is 13.4. The van der Waals surface area contributed by atoms with Crippen LogP contribution in [-0.4, -0.2) is 134 Å². The lowest BCUT2D eigenvalue weighted by molar-refractivity contribution is -0.282. The highest BCUT2D eigenvalue weighted by molar-refractivity contribution is 5.86. The lowest BCUT2D eigenvalue weighted by Gasteiger charge is -2.57. The zero-order valence-corrected chi connectivity index (χ0v) is 89.5. The van der Waals surface area contributed by atoms with Crippen molar-refractivity contribution < 1.29 is 93.9 Å². The van der Waals surface area contributed by atoms with Gasteiger partial charge in [0, 0.05) is 36.7 Å². The summed E-state index contributed by atoms with van der Waals surface area (Å²) < 4.78 is 85.5. The minimum atomic E-state index is -4.54. The van der Waals surface area contributed by atoms with E-state index in [4.69, 9.17) is 26.8 Å². The summed E-state index contributed by atoms with van der Waals surface area (Å²) in [5, 5.41) is 53.1. The Morgan fingerprint density at radius 3 is 0.816 bits per heavy atom. The lowest BCUT2D eigenvalue weighted by atomic mass is 9.48. The zero-order valence-electron chi connectivity index (χ0n) is 89.5. The van der Waals surface area contributed by atoms with Gasteiger partial charge in [-0.25, -0.2) is 29.3 Å². The topological polar surface area (TPSA) is 326 Å². The summed E-state index contributed by atoms with van der Waals surface area (Å²) >= 11 is 0. The van der Waals surface area contributed by atoms with E-state index in [1.165, 1.54) is 128 Å². The van der Waals surface area contributed by atoms with Crippen molar-refractivity contribution in [3.63, 3.8) is 0 Å². The van der Waals surface area contributed by atoms with Crippen LogP contribution in [0.1, 0.15) is 373 Å². The van der Waals surface area contributed by atoms with Crippen LogP contribution in [0.25, 0.3) is 0 Å². The van der Waals surface area contributed by atoms with Crippen LogP contribution in [0.5, 0.6) is 0 Å². The van der Waals surface area contributed by atoms with Crippen LogP contribution in [0.3, 0.4) is 0 Å². The Hall–Kier alpha value is -6.12. The summed E-state index contributed by atoms with van der Waals surface area (Å²) in [5.74, 6) is 21.1. The molecule has 21 nitrogen and oxygen atoms in total. The molecule has 0 aromatic carbocycles. The average molecular weight is 2040 g/mol. The Balaban J connectivity index is 0.000000108. The Bertz CT molecular complexity index is 5180. The SMILES string of the molecule is CC[C@@]1(O)CC[C@H]2[C@@H](CC[C@@H]3[C@@H]2CC[C@]2(C)[C@@H](C(=O)Cc4ncco4)CC[C@@H]32)C1.COC[C@@]1(O)CC[C@H]2[C@@H](CC[C@@H]3[C@@H]2CC[C@]2(C)[C@@H](C(=O)Cc4ncco4)CC[C@@H]32)C1.C[C@@]1(O)CC[C@H]2[C@@H](CC[C@@H]3[C@@H]2CC[C@]2(C)[C@@H](C(=O)Cc4ncco4)CC[C@@H]32)C1.C[C@]12CC[C@H]3[C@@H](CC[C@H]4C[C@@](O)(C(F)(F)F)CC[C@@H]43)[C@@H]1CC[C@@H]2C(=O)Cc1ncco1.C[C@]12CC[C@H]3[C@@H](CC[C@H]4C[C@@](O)(CF)CC[C@@H]43)[C@@H]1CC[C@@H]2C(=O)Cc1ncco1. The molecule has 147 heavy (non-hydrogen) atoms. The molecule has 5 N–H and O–H groups in total. The van der Waals surface area contributed by atoms with Gasteiger partial charge >= 0.3 is 6.18 Å². The van der Waals surface area contributed by atoms with E-state index in [0.29, 0.717) is 175 Å². The molecule has 25 rings (SSSR count). The third kappa shape index (κ3) is 20.2. The number of hydrogen-bond acceptors (Lipinski definition) is 21. The fourth-order valence-corrected chi connectivity index (χ4v) is 41.7. The number of Topliss-reactive ketones (excluding diaryl/α,β-unsaturated/α-hetero) is 5. The quantitative estimate of drug-likeness (QED) is 0.0480. The second-order valence-electron chi connectivity index (χ2n) is 54.7. The van der Waals surface area contributed by atoms with Crippen LogP contribution >= 0.6 is 0 Å². The molecule has 812 valence electrons. The predicted molar refractivity (Wildman–Crippen MR) is 544 cm³/mol. The van der Waals surface area contributed by atoms with Crippen molar-refractivity contribution in [2.24, 2.45) is 205 Å². The predicted octanol–water partition coefficient (Wildman–Crippen LogP) is 24.5. The Labute approximate surface area is 869 Å². The average Bonchev–Trinajstić information content (AvgIpc) is 1.63. The number of aliphatic hydroxyl groups is 5. The molecule has 20 fully saturated rings. The van der Waals surface area contributed by atoms with Crippen molar-refractivity contribution in [1.29, 1.82) is 0 Å². The smallest absolute Gasteiger partial charge is 0.417 e. The van der Waals surface area contributed by atoms with Crippen molar-refractivity contribution in [2.45, 2.75) is 410 Å². The van der Waals surface area contributed by atoms with Gasteiger partial charge < -0.3 is 52.4 Å². The number of rotatable bonds is 19. The number of ether oxygens (including phenoxy) is 1. The minimum absolute atomic E-state index is 0.0183. The third-order valence-corrected chi connectivity index (χ3v) is 48.4. The molecule has 20 saturated carbocycles. The Kier molecular flexibility index (Phi) is 30.3. The van der Waals surface area contributed by atoms with Gasteiger partial charge in [-0.05, 0) is 477 Å². The molecule has 20 aliphatic carbocycles. The number of ketones is 5. The van der Waals surface area contributed by atoms with Crippen LogP contribution in [-0.2, 0) is 60.8 Å². The van der Waals surface area contributed by atoms with Crippen molar-refractivity contribution in [3.05, 3.63) is 91.8 Å². The second kappa shape index (κ2) is 41.9. The molecule has 0 bridgehead atoms. The van der Waals surface area contributed by atoms with Crippen molar-refractivity contribution >= 4 is 28.9 Å². The van der Waals surface area contributed by atoms with Gasteiger partial charge in [0.1, 0.15) is 66.9 Å². The summed E-state index contributed by atoms with van der Waals surface area (Å²) in [5.41, 5.74) is -4.49. The molecule has 25 heteroatoms. The first-order chi connectivity index (χ1) is 70.3. The highest BCUT2D eigenvalue weighted by Crippen LogP contribution is 2.73. The zero-order chi connectivity index (χ0) is 103. The van der Waals surface area contributed by atoms with Crippen LogP contribution in [0.4, 0.5) is 17.6 Å². The first kappa shape index (κ1) is 107. The molecule has 40 atom stereocenters. The maximum Gasteiger partial charge on any atom is 0.417 e. The highest BCUT2D eigenvalue weighted by atomic mass is 19.4. The van der Waals surface area contributed by atoms with Crippen molar-refractivity contribution in [3.8, 4) is 0 Å². The minimum Gasteiger partial charge on any atom is -0.449 e. The molecule has 0 spiro atoms. The van der Waals surface area contributed by atoms with Gasteiger partial charge in [-0.2, -0.15) is 13.2 Å². The van der Waals surface area contributed by atoms with Crippen LogP contribution in [0, 0.1) is 205 Å². The van der Waals surface area contributed by atoms with Gasteiger partial charge in [-0.3, -0.25) is 24.0 Å². The Morgan fingerprint density at radius 1 is 0.306 bits per heavy atom. The van der Waals surface area contributed by atoms with Gasteiger partial charge in [0.05, 0.1) is 92.1 Å². The van der Waals surface area contributed by atoms with Crippen LogP contribution < -0.4 is 0 Å². The summed E-state index contributed by atoms with van der Waals surface area (Å²) in [6.07, 6.45) is 59.7. The third-order valence-electron chi connectivity index (χ3n) is 48.4. The monoisotopic (exact) mass is 2040 g/mol. The Morgan fingerprint density at radius 2 is 0.551 bits per heavy atom. The van der Waals surface area contributed by atoms with E-state index in [2.05, 4.69) is 66.5 Å². The number of halogens is 4. The molecular weight excluding hydrogens is 1870 g/mol. The van der Waals surface area contributed by atoms with E-state index in [1.807, 2.05) is 6.92 Å². The standard InChI is InChI=1S/C25H37NO4.C25H37NO3.C24H32F3NO3.C24H34FNO3.C24H35NO3/c1-24-9-7-18-17-8-10-25(28,15-29-2)14-16(17)3-4-19(18)20(24)5-6-21(24)22(27)13-23-26-11-12-30-23;1-3-25(28)11-9-17-16(15-25)4-5-19-18(17)8-10-24(2)20(19)6-7-21(24)22(27)14-23-26-12-13-29-23;1-22-8-6-16-15-7-9-23(30,24(25,26)27)13-14(15)2-3-17(16)18(22)4-5-19(22)20(29)12-21-28-10-11-31-21;1-23-8-6-17-16-7-9-24(28,14-25)13-15(16)2-3-18(17)19(23)4-5-20(23)21(27)12-22-26-10-11-29-22;1-23(27)9-7-16-15(14-23)3-4-18-17(16)8-10-24(2)19(18)5-6-20(24)21(26)13-22-25-11-12-28-22/h11-12,16-21,28H,3-10,13-15H2,1-2H3;12-13,16-21,28H,3-11,14-15H2,1-2H3;10-11,14-19,30H,2-9,12-13H2,1H3;10-11,15-20,28H,2-9,12-14H2,1H3;11-12,15-20,27H,3-10,13-14H2,1-2H3/t2*16-,17-,18+,19+,20-,21+,24-,25+;14-,15-,16+,17+,18-,19+,22-,23+;15-,16-,17+,18+,19-,20+,23-,24+;15-,16-,17+,18+,19-,20+,23+,24-/m00000/s1. The molecular formula is C122H175F4N5O16. The molecule has 0 aliphatic heterocycles. The lowest BCUT2D eigenvalue weighted by Crippen LogP contribution is -2.55. The molecule has 5 aromatic heterocycles. The summed E-state index contributed by atoms with van der Waals surface area (Å²) in [6.45, 7) is 15.9. The number of nitrogens with zero attached hydrogens (tertiary/aromatic N) is 5. The number of fused-ring (bicyclic) bond motifs is 25. The van der Waals surface area contributed by atoms with Gasteiger partial charge in [0.25, 0.3) is 0 Å². The number of aromatic nitrogens is 5. The number of methoxy groups -OCH3 is 1. The molecule has 0 saturated heterocycles. The van der Waals surface area contributed by atoms with Crippen LogP contribution in [0.2, 0.25) is 0 Å². The largest absolute Gasteiger partial charge is 0.449 e. The first-order valence-corrected chi connectivity index (χ1v) is 59.1. The van der Waals surface area contributed by atoms with Gasteiger partial charge in [-0.15, -0.1) is 0 Å². The fourth-order valence-electron chi connectivity index (χ4n) is 41.7. The van der Waals surface area contributed by atoms with E-state index in [0.717, 1.165) is 206 Å². The molecule has 5 heterocycles. The van der Waals surface area contributed by atoms with E-state index in [1.54, 1.807) is 63.1 Å². The molecule has 0 amide bonds. The summed E-state index contributed by atoms with van der Waals surface area (Å²) in [4.78, 5) is 86.4. The summed E-state index contributed by atoms with van der Waals surface area (Å²) in [7, 11) is 1.70. The molecule has 0 unspecified atom stereocenters. The fraction of sp³-hybridized carbons (Fsp3) is 0.836. The van der Waals surface area contributed by atoms with E-state index in [-0.39, 0.29) is 93.5 Å². The number of hydrogen-bond donors (Lipinski definition) is 5. The van der Waals surface area contributed by atoms with Crippen LogP contribution in [0.15, 0.2) is 84.4 Å². The van der Waals surface area contributed by atoms with Gasteiger partial charge in [-0.1, -0.05) is 41.5 Å². The second-order valence-corrected chi connectivity index (χ2v) is 54.7. The van der Waals surface area contributed by atoms with E-state index >= 15 is 0 Å². The van der Waals surface area contributed by atoms with E-state index in [9.17, 15) is 67.1 Å². The maximum absolute atomic E-state index is 13.4. The number of alkyl halides is 4. The molecule has 0 radical (unpaired) electrons. The van der Waals surface area contributed by atoms with E-state index < -0.39 is 40.9 Å². The number of carbonyl (C=O) groups excluding carboxylic acids is 5. The molecule has 5 aromatic rings. The van der Waals surface area contributed by atoms with Gasteiger partial charge in [0.15, 0.2) is 5.60 Å². The van der Waals surface area contributed by atoms with Crippen molar-refractivity contribution in [1.82, 2.24) is 24.9 Å². The van der Waals surface area contributed by atoms with Crippen molar-refractivity contribution in [2.75, 3.05) is 20.4 Å².